The Labute approximate surface area is 238 Å². The molecular formula is C20H28O18P4. The summed E-state index contributed by atoms with van der Waals surface area (Å²) in [6.07, 6.45) is -13.7. The average molecular weight is 680 g/mol. The monoisotopic (exact) mass is 680 g/mol. The Morgan fingerprint density at radius 1 is 0.429 bits per heavy atom. The molecule has 6 atom stereocenters. The van der Waals surface area contributed by atoms with Gasteiger partial charge in [-0.05, 0) is 11.1 Å². The van der Waals surface area contributed by atoms with Crippen molar-refractivity contribution in [1.29, 1.82) is 0 Å². The Hall–Kier alpha value is -1.20. The minimum Gasteiger partial charge on any atom is -0.368 e. The van der Waals surface area contributed by atoms with Crippen molar-refractivity contribution in [2.75, 3.05) is 0 Å². The molecule has 42 heavy (non-hydrogen) atoms. The summed E-state index contributed by atoms with van der Waals surface area (Å²) in [6, 6.07) is 15.6. The van der Waals surface area contributed by atoms with Gasteiger partial charge in [-0.15, -0.1) is 0 Å². The van der Waals surface area contributed by atoms with Gasteiger partial charge >= 0.3 is 31.3 Å². The van der Waals surface area contributed by atoms with E-state index in [0.29, 0.717) is 11.1 Å². The van der Waals surface area contributed by atoms with Gasteiger partial charge in [0.25, 0.3) is 0 Å². The van der Waals surface area contributed by atoms with Gasteiger partial charge in [-0.2, -0.15) is 0 Å². The van der Waals surface area contributed by atoms with Crippen LogP contribution in [0.4, 0.5) is 0 Å². The maximum Gasteiger partial charge on any atom is 0.470 e. The van der Waals surface area contributed by atoms with Gasteiger partial charge in [0.05, 0.1) is 13.2 Å². The van der Waals surface area contributed by atoms with Crippen LogP contribution < -0.4 is 0 Å². The Morgan fingerprint density at radius 3 is 0.881 bits per heavy atom. The predicted octanol–water partition coefficient (Wildman–Crippen LogP) is 1.08. The van der Waals surface area contributed by atoms with Gasteiger partial charge < -0.3 is 48.6 Å². The number of hydrogen-bond donors (Lipinski definition) is 8. The van der Waals surface area contributed by atoms with Crippen LogP contribution in [0.15, 0.2) is 60.7 Å². The van der Waals surface area contributed by atoms with E-state index in [9.17, 15) is 57.4 Å². The number of phosphoric acid groups is 4. The SMILES string of the molecule is O=P(O)(O)O[C@@H]1C(OCc2ccccc2)[C@H](OP(=O)(O)O)[C@@H](OP(=O)(O)O)C(OCc2ccccc2)[C@H]1OP(=O)(O)O. The van der Waals surface area contributed by atoms with Crippen LogP contribution in [0.3, 0.4) is 0 Å². The highest BCUT2D eigenvalue weighted by Crippen LogP contribution is 2.53. The highest BCUT2D eigenvalue weighted by atomic mass is 31.2. The molecule has 1 aliphatic rings. The normalized spacial score (nSPS) is 25.8. The van der Waals surface area contributed by atoms with Crippen LogP contribution in [0.1, 0.15) is 11.1 Å². The van der Waals surface area contributed by atoms with Gasteiger partial charge in [-0.1, -0.05) is 60.7 Å². The lowest BCUT2D eigenvalue weighted by Crippen LogP contribution is -2.66. The summed E-state index contributed by atoms with van der Waals surface area (Å²) >= 11 is 0. The minimum absolute atomic E-state index is 0.379. The molecule has 2 aromatic rings. The van der Waals surface area contributed by atoms with E-state index in [1.807, 2.05) is 0 Å². The maximum absolute atomic E-state index is 12.0. The van der Waals surface area contributed by atoms with E-state index < -0.39 is 81.1 Å². The second kappa shape index (κ2) is 14.3. The maximum atomic E-state index is 12.0. The molecule has 0 amide bonds. The van der Waals surface area contributed by atoms with Crippen molar-refractivity contribution >= 4 is 31.3 Å². The zero-order valence-corrected chi connectivity index (χ0v) is 24.7. The lowest BCUT2D eigenvalue weighted by atomic mass is 9.84. The van der Waals surface area contributed by atoms with Crippen molar-refractivity contribution in [3.8, 4) is 0 Å². The molecule has 0 aliphatic heterocycles. The highest BCUT2D eigenvalue weighted by molar-refractivity contribution is 7.47. The minimum atomic E-state index is -5.62. The van der Waals surface area contributed by atoms with E-state index in [2.05, 4.69) is 0 Å². The first kappa shape index (κ1) is 35.3. The van der Waals surface area contributed by atoms with Crippen molar-refractivity contribution in [1.82, 2.24) is 0 Å². The largest absolute Gasteiger partial charge is 0.470 e. The first-order valence-electron chi connectivity index (χ1n) is 11.6. The van der Waals surface area contributed by atoms with E-state index in [-0.39, 0.29) is 0 Å². The second-order valence-electron chi connectivity index (χ2n) is 8.76. The van der Waals surface area contributed by atoms with Crippen LogP contribution in [-0.2, 0) is 59.0 Å². The lowest BCUT2D eigenvalue weighted by Gasteiger charge is -2.48. The Bertz CT molecular complexity index is 1170. The Kier molecular flexibility index (Phi) is 12.0. The van der Waals surface area contributed by atoms with Crippen molar-refractivity contribution in [2.24, 2.45) is 0 Å². The van der Waals surface area contributed by atoms with E-state index in [0.717, 1.165) is 0 Å². The topological polar surface area (TPSA) is 286 Å². The number of benzene rings is 2. The standard InChI is InChI=1S/C20H28O18P4/c21-39(22,23)35-17-15(33-11-13-7-3-1-4-8-13)18(36-40(24,25)26)20(38-42(30,31)32)16(19(17)37-41(27,28)29)34-12-14-9-5-2-6-10-14/h1-10,15-20H,11-12H2,(H2,21,22,23)(H2,24,25,26)(H2,27,28,29)(H2,30,31,32)/t15?,16?,17-,18+,19-,20+. The van der Waals surface area contributed by atoms with Crippen molar-refractivity contribution in [3.05, 3.63) is 71.8 Å². The Balaban J connectivity index is 2.20. The quantitative estimate of drug-likeness (QED) is 0.130. The summed E-state index contributed by atoms with van der Waals surface area (Å²) in [5.74, 6) is 0. The summed E-state index contributed by atoms with van der Waals surface area (Å²) in [4.78, 5) is 77.2. The summed E-state index contributed by atoms with van der Waals surface area (Å²) in [5.41, 5.74) is 0.759. The van der Waals surface area contributed by atoms with Crippen LogP contribution in [0.25, 0.3) is 0 Å². The number of rotatable bonds is 14. The fourth-order valence-electron chi connectivity index (χ4n) is 4.15. The van der Waals surface area contributed by atoms with Crippen LogP contribution in [-0.4, -0.2) is 75.8 Å². The smallest absolute Gasteiger partial charge is 0.368 e. The van der Waals surface area contributed by atoms with Gasteiger partial charge in [0.1, 0.15) is 36.6 Å². The van der Waals surface area contributed by atoms with Gasteiger partial charge in [0, 0.05) is 0 Å². The number of phosphoric ester groups is 4. The van der Waals surface area contributed by atoms with Crippen LogP contribution >= 0.6 is 31.3 Å². The molecule has 236 valence electrons. The summed E-state index contributed by atoms with van der Waals surface area (Å²) in [5, 5.41) is 0. The molecule has 1 aliphatic carbocycles. The predicted molar refractivity (Wildman–Crippen MR) is 138 cm³/mol. The van der Waals surface area contributed by atoms with Crippen LogP contribution in [0, 0.1) is 0 Å². The molecule has 1 fully saturated rings. The van der Waals surface area contributed by atoms with Gasteiger partial charge in [0.2, 0.25) is 0 Å². The van der Waals surface area contributed by atoms with E-state index in [1.54, 1.807) is 36.4 Å². The summed E-state index contributed by atoms with van der Waals surface area (Å²) < 4.78 is 78.3. The molecule has 0 radical (unpaired) electrons. The molecule has 0 heterocycles. The molecule has 0 bridgehead atoms. The molecule has 2 aromatic carbocycles. The van der Waals surface area contributed by atoms with Crippen LogP contribution in [0.2, 0.25) is 0 Å². The molecule has 1 saturated carbocycles. The third-order valence-electron chi connectivity index (χ3n) is 5.55. The Morgan fingerprint density at radius 2 is 0.667 bits per heavy atom. The van der Waals surface area contributed by atoms with Crippen LogP contribution in [0.5, 0.6) is 0 Å². The first-order chi connectivity index (χ1) is 19.3. The molecule has 3 rings (SSSR count). The van der Waals surface area contributed by atoms with Gasteiger partial charge in [-0.3, -0.25) is 18.1 Å². The molecule has 22 heteroatoms. The van der Waals surface area contributed by atoms with Gasteiger partial charge in [0.15, 0.2) is 0 Å². The summed E-state index contributed by atoms with van der Waals surface area (Å²) in [7, 11) is -22.5. The molecule has 0 spiro atoms. The highest BCUT2D eigenvalue weighted by Gasteiger charge is 2.60. The zero-order valence-electron chi connectivity index (χ0n) is 21.1. The molecule has 0 saturated heterocycles. The average Bonchev–Trinajstić information content (AvgIpc) is 2.84. The summed E-state index contributed by atoms with van der Waals surface area (Å²) in [6.45, 7) is -0.983. The molecular weight excluding hydrogens is 652 g/mol. The van der Waals surface area contributed by atoms with Crippen molar-refractivity contribution in [3.63, 3.8) is 0 Å². The van der Waals surface area contributed by atoms with E-state index in [1.165, 1.54) is 24.3 Å². The van der Waals surface area contributed by atoms with Crippen molar-refractivity contribution in [2.45, 2.75) is 49.8 Å². The number of ether oxygens (including phenoxy) is 2. The fourth-order valence-corrected chi connectivity index (χ4v) is 6.38. The first-order valence-corrected chi connectivity index (χ1v) is 17.7. The fraction of sp³-hybridized carbons (Fsp3) is 0.400. The van der Waals surface area contributed by atoms with Crippen molar-refractivity contribution < 1.29 is 85.0 Å². The molecule has 8 N–H and O–H groups in total. The molecule has 0 aromatic heterocycles. The molecule has 2 unspecified atom stereocenters. The second-order valence-corrected chi connectivity index (χ2v) is 13.5. The lowest BCUT2D eigenvalue weighted by molar-refractivity contribution is -0.237. The third-order valence-corrected chi connectivity index (χ3v) is 7.62. The van der Waals surface area contributed by atoms with E-state index >= 15 is 0 Å². The van der Waals surface area contributed by atoms with Gasteiger partial charge in [-0.25, -0.2) is 18.3 Å². The number of hydrogen-bond acceptors (Lipinski definition) is 10. The zero-order chi connectivity index (χ0) is 31.3. The molecule has 18 nitrogen and oxygen atoms in total. The third kappa shape index (κ3) is 11.7. The van der Waals surface area contributed by atoms with E-state index in [4.69, 9.17) is 27.6 Å².